The maximum atomic E-state index is 12.0. The van der Waals surface area contributed by atoms with E-state index >= 15 is 0 Å². The molecular formula is C14H20BrNO2. The van der Waals surface area contributed by atoms with Crippen LogP contribution in [0.4, 0.5) is 0 Å². The molecule has 100 valence electrons. The van der Waals surface area contributed by atoms with Crippen molar-refractivity contribution in [1.82, 2.24) is 5.32 Å². The Bertz CT molecular complexity index is 403. The van der Waals surface area contributed by atoms with Crippen molar-refractivity contribution in [3.8, 4) is 5.75 Å². The van der Waals surface area contributed by atoms with E-state index in [-0.39, 0.29) is 11.4 Å². The zero-order valence-electron chi connectivity index (χ0n) is 11.1. The summed E-state index contributed by atoms with van der Waals surface area (Å²) in [4.78, 5) is 12.0. The van der Waals surface area contributed by atoms with Gasteiger partial charge in [0.25, 0.3) is 0 Å². The maximum Gasteiger partial charge on any atom is 0.224 e. The third-order valence-electron chi connectivity index (χ3n) is 3.02. The van der Waals surface area contributed by atoms with E-state index in [0.717, 1.165) is 23.1 Å². The van der Waals surface area contributed by atoms with E-state index in [4.69, 9.17) is 4.74 Å². The first-order chi connectivity index (χ1) is 8.53. The lowest BCUT2D eigenvalue weighted by molar-refractivity contribution is -0.122. The molecule has 0 radical (unpaired) electrons. The largest absolute Gasteiger partial charge is 0.497 e. The van der Waals surface area contributed by atoms with Gasteiger partial charge in [-0.2, -0.15) is 0 Å². The van der Waals surface area contributed by atoms with Crippen LogP contribution >= 0.6 is 15.9 Å². The lowest BCUT2D eigenvalue weighted by Crippen LogP contribution is -2.47. The summed E-state index contributed by atoms with van der Waals surface area (Å²) >= 11 is 3.43. The molecule has 1 aromatic carbocycles. The van der Waals surface area contributed by atoms with Gasteiger partial charge in [0.2, 0.25) is 5.91 Å². The Labute approximate surface area is 117 Å². The molecule has 0 aromatic heterocycles. The highest BCUT2D eigenvalue weighted by Gasteiger charge is 2.22. The Balaban J connectivity index is 2.64. The van der Waals surface area contributed by atoms with E-state index in [0.29, 0.717) is 6.42 Å². The van der Waals surface area contributed by atoms with Crippen LogP contribution in [-0.4, -0.2) is 23.9 Å². The standard InChI is InChI=1S/C14H20BrNO2/c1-4-14(2,10-15)16-13(17)9-11-6-5-7-12(8-11)18-3/h5-8H,4,9-10H2,1-3H3,(H,16,17). The van der Waals surface area contributed by atoms with Gasteiger partial charge in [0, 0.05) is 10.9 Å². The van der Waals surface area contributed by atoms with Crippen molar-refractivity contribution in [3.05, 3.63) is 29.8 Å². The smallest absolute Gasteiger partial charge is 0.224 e. The normalized spacial score (nSPS) is 13.8. The molecule has 0 saturated heterocycles. The number of rotatable bonds is 6. The Kier molecular flexibility index (Phi) is 5.66. The number of alkyl halides is 1. The van der Waals surface area contributed by atoms with Crippen LogP contribution in [0.5, 0.6) is 5.75 Å². The van der Waals surface area contributed by atoms with E-state index in [1.165, 1.54) is 0 Å². The molecule has 1 aromatic rings. The number of nitrogens with one attached hydrogen (secondary N) is 1. The van der Waals surface area contributed by atoms with Crippen molar-refractivity contribution in [1.29, 1.82) is 0 Å². The molecule has 0 fully saturated rings. The molecule has 0 aliphatic rings. The van der Waals surface area contributed by atoms with Crippen molar-refractivity contribution in [2.45, 2.75) is 32.2 Å². The van der Waals surface area contributed by atoms with Crippen LogP contribution in [0, 0.1) is 0 Å². The quantitative estimate of drug-likeness (QED) is 0.820. The van der Waals surface area contributed by atoms with Crippen LogP contribution in [-0.2, 0) is 11.2 Å². The highest BCUT2D eigenvalue weighted by molar-refractivity contribution is 9.09. The Morgan fingerprint density at radius 2 is 2.22 bits per heavy atom. The number of carbonyl (C=O) groups is 1. The van der Waals surface area contributed by atoms with Crippen molar-refractivity contribution in [2.24, 2.45) is 0 Å². The van der Waals surface area contributed by atoms with Gasteiger partial charge in [-0.25, -0.2) is 0 Å². The van der Waals surface area contributed by atoms with Gasteiger partial charge in [0.15, 0.2) is 0 Å². The molecule has 3 nitrogen and oxygen atoms in total. The van der Waals surface area contributed by atoms with Gasteiger partial charge in [-0.15, -0.1) is 0 Å². The van der Waals surface area contributed by atoms with Crippen molar-refractivity contribution in [2.75, 3.05) is 12.4 Å². The fraction of sp³-hybridized carbons (Fsp3) is 0.500. The molecule has 1 N–H and O–H groups in total. The summed E-state index contributed by atoms with van der Waals surface area (Å²) in [5.74, 6) is 0.811. The molecule has 18 heavy (non-hydrogen) atoms. The highest BCUT2D eigenvalue weighted by atomic mass is 79.9. The SMILES string of the molecule is CCC(C)(CBr)NC(=O)Cc1cccc(OC)c1. The zero-order valence-corrected chi connectivity index (χ0v) is 12.7. The monoisotopic (exact) mass is 313 g/mol. The number of ether oxygens (including phenoxy) is 1. The summed E-state index contributed by atoms with van der Waals surface area (Å²) < 4.78 is 5.14. The second kappa shape index (κ2) is 6.78. The van der Waals surface area contributed by atoms with Crippen LogP contribution in [0.3, 0.4) is 0 Å². The van der Waals surface area contributed by atoms with Gasteiger partial charge in [0.05, 0.1) is 13.5 Å². The predicted octanol–water partition coefficient (Wildman–Crippen LogP) is 2.92. The van der Waals surface area contributed by atoms with Gasteiger partial charge >= 0.3 is 0 Å². The summed E-state index contributed by atoms with van der Waals surface area (Å²) in [6, 6.07) is 7.58. The first-order valence-corrected chi connectivity index (χ1v) is 7.15. The van der Waals surface area contributed by atoms with E-state index in [1.54, 1.807) is 7.11 Å². The topological polar surface area (TPSA) is 38.3 Å². The highest BCUT2D eigenvalue weighted by Crippen LogP contribution is 2.15. The predicted molar refractivity (Wildman–Crippen MR) is 77.3 cm³/mol. The number of hydrogen-bond donors (Lipinski definition) is 1. The fourth-order valence-electron chi connectivity index (χ4n) is 1.56. The van der Waals surface area contributed by atoms with Gasteiger partial charge in [-0.1, -0.05) is 35.0 Å². The average Bonchev–Trinajstić information content (AvgIpc) is 2.38. The Morgan fingerprint density at radius 1 is 1.50 bits per heavy atom. The van der Waals surface area contributed by atoms with Gasteiger partial charge in [-0.3, -0.25) is 4.79 Å². The molecule has 0 bridgehead atoms. The van der Waals surface area contributed by atoms with Crippen molar-refractivity contribution < 1.29 is 9.53 Å². The number of benzene rings is 1. The molecule has 1 rings (SSSR count). The Hall–Kier alpha value is -1.03. The van der Waals surface area contributed by atoms with Gasteiger partial charge < -0.3 is 10.1 Å². The molecule has 1 unspecified atom stereocenters. The molecular weight excluding hydrogens is 294 g/mol. The minimum Gasteiger partial charge on any atom is -0.497 e. The maximum absolute atomic E-state index is 12.0. The van der Waals surface area contributed by atoms with Gasteiger partial charge in [-0.05, 0) is 31.0 Å². The minimum absolute atomic E-state index is 0.0343. The minimum atomic E-state index is -0.185. The third kappa shape index (κ3) is 4.33. The number of methoxy groups -OCH3 is 1. The van der Waals surface area contributed by atoms with E-state index in [9.17, 15) is 4.79 Å². The van der Waals surface area contributed by atoms with Crippen molar-refractivity contribution >= 4 is 21.8 Å². The summed E-state index contributed by atoms with van der Waals surface area (Å²) in [5.41, 5.74) is 0.774. The van der Waals surface area contributed by atoms with Crippen LogP contribution in [0.25, 0.3) is 0 Å². The summed E-state index contributed by atoms with van der Waals surface area (Å²) in [6.45, 7) is 4.10. The van der Waals surface area contributed by atoms with Crippen LogP contribution in [0.15, 0.2) is 24.3 Å². The molecule has 0 heterocycles. The second-order valence-corrected chi connectivity index (χ2v) is 5.19. The molecule has 1 atom stereocenters. The lowest BCUT2D eigenvalue weighted by Gasteiger charge is -2.27. The lowest BCUT2D eigenvalue weighted by atomic mass is 10.0. The third-order valence-corrected chi connectivity index (χ3v) is 4.25. The molecule has 4 heteroatoms. The number of halogens is 1. The number of amides is 1. The zero-order chi connectivity index (χ0) is 13.6. The second-order valence-electron chi connectivity index (χ2n) is 4.62. The molecule has 0 spiro atoms. The molecule has 0 aliphatic heterocycles. The van der Waals surface area contributed by atoms with E-state index < -0.39 is 0 Å². The summed E-state index contributed by atoms with van der Waals surface area (Å²) in [7, 11) is 1.62. The van der Waals surface area contributed by atoms with Crippen LogP contribution in [0.2, 0.25) is 0 Å². The van der Waals surface area contributed by atoms with E-state index in [2.05, 4.69) is 28.2 Å². The first kappa shape index (κ1) is 15.0. The summed E-state index contributed by atoms with van der Waals surface area (Å²) in [6.07, 6.45) is 1.27. The van der Waals surface area contributed by atoms with E-state index in [1.807, 2.05) is 31.2 Å². The van der Waals surface area contributed by atoms with Crippen molar-refractivity contribution in [3.63, 3.8) is 0 Å². The molecule has 0 aliphatic carbocycles. The fourth-order valence-corrected chi connectivity index (χ4v) is 2.10. The summed E-state index contributed by atoms with van der Waals surface area (Å²) in [5, 5.41) is 3.80. The molecule has 0 saturated carbocycles. The van der Waals surface area contributed by atoms with Crippen LogP contribution < -0.4 is 10.1 Å². The average molecular weight is 314 g/mol. The van der Waals surface area contributed by atoms with Crippen LogP contribution in [0.1, 0.15) is 25.8 Å². The van der Waals surface area contributed by atoms with Gasteiger partial charge in [0.1, 0.15) is 5.75 Å². The number of carbonyl (C=O) groups excluding carboxylic acids is 1. The molecule has 1 amide bonds. The Morgan fingerprint density at radius 3 is 2.78 bits per heavy atom. The number of hydrogen-bond acceptors (Lipinski definition) is 2. The first-order valence-electron chi connectivity index (χ1n) is 6.03.